The maximum absolute atomic E-state index is 2.24. The van der Waals surface area contributed by atoms with Crippen molar-refractivity contribution in [3.63, 3.8) is 0 Å². The lowest BCUT2D eigenvalue weighted by Gasteiger charge is -2.31. The van der Waals surface area contributed by atoms with Crippen molar-refractivity contribution >= 4 is 23.5 Å². The minimum atomic E-state index is 0.707. The van der Waals surface area contributed by atoms with Crippen molar-refractivity contribution in [3.05, 3.63) is 0 Å². The van der Waals surface area contributed by atoms with Crippen molar-refractivity contribution in [2.75, 3.05) is 11.5 Å². The molecule has 1 heterocycles. The summed E-state index contributed by atoms with van der Waals surface area (Å²) < 4.78 is 0.707. The molecule has 0 amide bonds. The van der Waals surface area contributed by atoms with Crippen LogP contribution in [0, 0.1) is 0 Å². The molecule has 58 valence electrons. The van der Waals surface area contributed by atoms with Crippen molar-refractivity contribution in [1.29, 1.82) is 0 Å². The van der Waals surface area contributed by atoms with Gasteiger partial charge in [0.05, 0.1) is 4.08 Å². The quantitative estimate of drug-likeness (QED) is 0.553. The van der Waals surface area contributed by atoms with E-state index in [9.17, 15) is 0 Å². The first-order valence-electron chi connectivity index (χ1n) is 4.19. The second kappa shape index (κ2) is 2.98. The van der Waals surface area contributed by atoms with Crippen molar-refractivity contribution in [2.24, 2.45) is 0 Å². The summed E-state index contributed by atoms with van der Waals surface area (Å²) in [4.78, 5) is 0. The van der Waals surface area contributed by atoms with Gasteiger partial charge in [0.1, 0.15) is 0 Å². The van der Waals surface area contributed by atoms with Gasteiger partial charge in [-0.25, -0.2) is 0 Å². The lowest BCUT2D eigenvalue weighted by Crippen LogP contribution is -2.20. The molecule has 0 aromatic rings. The number of hydrogen-bond acceptors (Lipinski definition) is 2. The van der Waals surface area contributed by atoms with Crippen LogP contribution in [0.15, 0.2) is 0 Å². The van der Waals surface area contributed by atoms with Crippen molar-refractivity contribution in [2.45, 2.75) is 36.2 Å². The van der Waals surface area contributed by atoms with Crippen molar-refractivity contribution in [3.8, 4) is 0 Å². The zero-order chi connectivity index (χ0) is 6.86. The van der Waals surface area contributed by atoms with E-state index in [1.54, 1.807) is 0 Å². The predicted molar refractivity (Wildman–Crippen MR) is 50.7 cm³/mol. The lowest BCUT2D eigenvalue weighted by atomic mass is 10.4. The zero-order valence-corrected chi connectivity index (χ0v) is 7.90. The number of thioether (sulfide) groups is 2. The largest absolute Gasteiger partial charge is 0.144 e. The van der Waals surface area contributed by atoms with Crippen LogP contribution in [0.1, 0.15) is 32.1 Å². The fourth-order valence-electron chi connectivity index (χ4n) is 1.82. The molecule has 0 aromatic heterocycles. The normalized spacial score (nSPS) is 31.2. The van der Waals surface area contributed by atoms with E-state index in [0.717, 1.165) is 0 Å². The molecular formula is C8H14S2. The summed E-state index contributed by atoms with van der Waals surface area (Å²) in [6, 6.07) is 0. The second-order valence-electron chi connectivity index (χ2n) is 3.17. The van der Waals surface area contributed by atoms with Crippen LogP contribution < -0.4 is 0 Å². The van der Waals surface area contributed by atoms with Gasteiger partial charge in [-0.3, -0.25) is 0 Å². The van der Waals surface area contributed by atoms with Gasteiger partial charge in [0.25, 0.3) is 0 Å². The predicted octanol–water partition coefficient (Wildman–Crippen LogP) is 3.13. The minimum Gasteiger partial charge on any atom is -0.144 e. The van der Waals surface area contributed by atoms with Gasteiger partial charge in [-0.05, 0) is 30.8 Å². The van der Waals surface area contributed by atoms with E-state index in [0.29, 0.717) is 4.08 Å². The van der Waals surface area contributed by atoms with Crippen LogP contribution in [0.2, 0.25) is 0 Å². The van der Waals surface area contributed by atoms with Crippen LogP contribution in [-0.2, 0) is 0 Å². The third kappa shape index (κ3) is 1.33. The summed E-state index contributed by atoms with van der Waals surface area (Å²) in [5, 5.41) is 0. The second-order valence-corrected chi connectivity index (χ2v) is 6.38. The van der Waals surface area contributed by atoms with Gasteiger partial charge in [0.2, 0.25) is 0 Å². The number of hydrogen-bond donors (Lipinski definition) is 0. The highest BCUT2D eigenvalue weighted by molar-refractivity contribution is 8.18. The Morgan fingerprint density at radius 2 is 1.40 bits per heavy atom. The van der Waals surface area contributed by atoms with E-state index in [4.69, 9.17) is 0 Å². The maximum atomic E-state index is 2.24. The van der Waals surface area contributed by atoms with Gasteiger partial charge in [-0.2, -0.15) is 0 Å². The molecular weight excluding hydrogens is 160 g/mol. The molecule has 2 rings (SSSR count). The topological polar surface area (TPSA) is 0 Å². The fraction of sp³-hybridized carbons (Fsp3) is 1.00. The molecule has 1 aliphatic heterocycles. The molecule has 2 aliphatic rings. The van der Waals surface area contributed by atoms with Gasteiger partial charge < -0.3 is 0 Å². The first-order valence-corrected chi connectivity index (χ1v) is 6.16. The Balaban J connectivity index is 1.98. The van der Waals surface area contributed by atoms with Crippen LogP contribution in [0.25, 0.3) is 0 Å². The van der Waals surface area contributed by atoms with Crippen LogP contribution in [-0.4, -0.2) is 15.6 Å². The standard InChI is InChI=1S/C8H14S2/c1-2-5-8(4-1)9-6-3-7-10-8/h1-7H2. The molecule has 0 bridgehead atoms. The van der Waals surface area contributed by atoms with E-state index >= 15 is 0 Å². The van der Waals surface area contributed by atoms with Crippen LogP contribution in [0.4, 0.5) is 0 Å². The smallest absolute Gasteiger partial charge is 0.0611 e. The molecule has 1 spiro atoms. The Kier molecular flexibility index (Phi) is 2.19. The van der Waals surface area contributed by atoms with Gasteiger partial charge in [-0.15, -0.1) is 23.5 Å². The molecule has 1 saturated carbocycles. The Morgan fingerprint density at radius 1 is 0.800 bits per heavy atom. The van der Waals surface area contributed by atoms with Gasteiger partial charge in [0.15, 0.2) is 0 Å². The van der Waals surface area contributed by atoms with Crippen LogP contribution in [0.5, 0.6) is 0 Å². The Labute approximate surface area is 71.5 Å². The zero-order valence-electron chi connectivity index (χ0n) is 6.27. The molecule has 10 heavy (non-hydrogen) atoms. The molecule has 1 saturated heterocycles. The van der Waals surface area contributed by atoms with Crippen LogP contribution >= 0.6 is 23.5 Å². The molecule has 0 nitrogen and oxygen atoms in total. The van der Waals surface area contributed by atoms with E-state index in [2.05, 4.69) is 23.5 Å². The van der Waals surface area contributed by atoms with E-state index in [1.165, 1.54) is 43.6 Å². The van der Waals surface area contributed by atoms with E-state index in [-0.39, 0.29) is 0 Å². The molecule has 1 aliphatic carbocycles. The summed E-state index contributed by atoms with van der Waals surface area (Å²) >= 11 is 4.47. The number of rotatable bonds is 0. The third-order valence-corrected chi connectivity index (χ3v) is 5.95. The highest BCUT2D eigenvalue weighted by atomic mass is 32.2. The first-order chi connectivity index (χ1) is 4.91. The average molecular weight is 174 g/mol. The highest BCUT2D eigenvalue weighted by Gasteiger charge is 2.36. The van der Waals surface area contributed by atoms with Gasteiger partial charge >= 0.3 is 0 Å². The summed E-state index contributed by atoms with van der Waals surface area (Å²) in [7, 11) is 0. The summed E-state index contributed by atoms with van der Waals surface area (Å²) in [6.45, 7) is 0. The van der Waals surface area contributed by atoms with Crippen molar-refractivity contribution in [1.82, 2.24) is 0 Å². The highest BCUT2D eigenvalue weighted by Crippen LogP contribution is 2.52. The third-order valence-electron chi connectivity index (χ3n) is 2.38. The molecule has 2 fully saturated rings. The minimum absolute atomic E-state index is 0.707. The summed E-state index contributed by atoms with van der Waals surface area (Å²) in [6.07, 6.45) is 7.39. The van der Waals surface area contributed by atoms with Gasteiger partial charge in [-0.1, -0.05) is 12.8 Å². The Morgan fingerprint density at radius 3 is 2.00 bits per heavy atom. The molecule has 0 atom stereocenters. The Bertz CT molecular complexity index is 108. The molecule has 0 unspecified atom stereocenters. The fourth-order valence-corrected chi connectivity index (χ4v) is 5.31. The molecule has 0 aromatic carbocycles. The monoisotopic (exact) mass is 174 g/mol. The average Bonchev–Trinajstić information content (AvgIpc) is 2.39. The Hall–Kier alpha value is 0.700. The van der Waals surface area contributed by atoms with E-state index < -0.39 is 0 Å². The van der Waals surface area contributed by atoms with Crippen LogP contribution in [0.3, 0.4) is 0 Å². The van der Waals surface area contributed by atoms with Crippen molar-refractivity contribution < 1.29 is 0 Å². The first kappa shape index (κ1) is 7.35. The summed E-state index contributed by atoms with van der Waals surface area (Å²) in [5.41, 5.74) is 0. The van der Waals surface area contributed by atoms with E-state index in [1.807, 2.05) is 0 Å². The maximum Gasteiger partial charge on any atom is 0.0611 e. The molecule has 2 heteroatoms. The molecule has 0 N–H and O–H groups in total. The SMILES string of the molecule is C1CSC2(CCCC2)SC1. The summed E-state index contributed by atoms with van der Waals surface area (Å²) in [5.74, 6) is 2.85. The lowest BCUT2D eigenvalue weighted by molar-refractivity contribution is 0.827. The molecule has 0 radical (unpaired) electrons. The van der Waals surface area contributed by atoms with Gasteiger partial charge in [0, 0.05) is 0 Å².